The highest BCUT2D eigenvalue weighted by Crippen LogP contribution is 2.37. The standard InChI is InChI=1S/C21H21N3O3S/c1-13-6-4-7-14(10-13)24-20(16-11-28-12-17(16)23-24)22-21(25)15-8-5-9-18(26-2)19(15)27-3/h4-10H,11-12H2,1-3H3,(H,22,25). The highest BCUT2D eigenvalue weighted by molar-refractivity contribution is 7.98. The van der Waals surface area contributed by atoms with Gasteiger partial charge in [0.2, 0.25) is 0 Å². The fourth-order valence-electron chi connectivity index (χ4n) is 3.33. The first kappa shape index (κ1) is 18.4. The van der Waals surface area contributed by atoms with Crippen molar-refractivity contribution in [1.29, 1.82) is 0 Å². The lowest BCUT2D eigenvalue weighted by Crippen LogP contribution is -2.17. The van der Waals surface area contributed by atoms with Gasteiger partial charge in [-0.15, -0.1) is 0 Å². The number of benzene rings is 2. The van der Waals surface area contributed by atoms with Crippen molar-refractivity contribution in [3.63, 3.8) is 0 Å². The fraction of sp³-hybridized carbons (Fsp3) is 0.238. The highest BCUT2D eigenvalue weighted by atomic mass is 32.2. The zero-order valence-electron chi connectivity index (χ0n) is 16.0. The number of aromatic nitrogens is 2. The van der Waals surface area contributed by atoms with Crippen LogP contribution in [0.1, 0.15) is 27.2 Å². The number of nitrogens with one attached hydrogen (secondary N) is 1. The molecule has 1 N–H and O–H groups in total. The molecule has 1 aliphatic rings. The van der Waals surface area contributed by atoms with E-state index in [1.807, 2.05) is 29.8 Å². The van der Waals surface area contributed by atoms with Crippen molar-refractivity contribution >= 4 is 23.5 Å². The molecule has 0 radical (unpaired) electrons. The van der Waals surface area contributed by atoms with Crippen LogP contribution in [-0.4, -0.2) is 29.9 Å². The van der Waals surface area contributed by atoms with Crippen molar-refractivity contribution < 1.29 is 14.3 Å². The molecule has 0 aliphatic carbocycles. The first-order chi connectivity index (χ1) is 13.6. The molecule has 28 heavy (non-hydrogen) atoms. The van der Waals surface area contributed by atoms with Gasteiger partial charge in [-0.3, -0.25) is 4.79 Å². The average molecular weight is 395 g/mol. The number of hydrogen-bond acceptors (Lipinski definition) is 5. The summed E-state index contributed by atoms with van der Waals surface area (Å²) in [5, 5.41) is 7.81. The van der Waals surface area contributed by atoms with Gasteiger partial charge in [0, 0.05) is 17.1 Å². The molecule has 0 fully saturated rings. The summed E-state index contributed by atoms with van der Waals surface area (Å²) in [5.74, 6) is 3.05. The SMILES string of the molecule is COc1cccc(C(=O)Nc2c3c(nn2-c2cccc(C)c2)CSC3)c1OC. The molecular weight excluding hydrogens is 374 g/mol. The Hall–Kier alpha value is -2.93. The Morgan fingerprint density at radius 2 is 1.96 bits per heavy atom. The number of aryl methyl sites for hydroxylation is 1. The van der Waals surface area contributed by atoms with E-state index in [4.69, 9.17) is 14.6 Å². The topological polar surface area (TPSA) is 65.4 Å². The smallest absolute Gasteiger partial charge is 0.260 e. The molecule has 144 valence electrons. The van der Waals surface area contributed by atoms with Gasteiger partial charge in [-0.25, -0.2) is 4.68 Å². The van der Waals surface area contributed by atoms with E-state index in [-0.39, 0.29) is 5.91 Å². The van der Waals surface area contributed by atoms with Crippen LogP contribution in [0, 0.1) is 6.92 Å². The lowest BCUT2D eigenvalue weighted by Gasteiger charge is -2.14. The Morgan fingerprint density at radius 3 is 2.71 bits per heavy atom. The van der Waals surface area contributed by atoms with Crippen LogP contribution in [0.3, 0.4) is 0 Å². The van der Waals surface area contributed by atoms with Crippen molar-refractivity contribution in [3.8, 4) is 17.2 Å². The summed E-state index contributed by atoms with van der Waals surface area (Å²) >= 11 is 1.80. The van der Waals surface area contributed by atoms with Gasteiger partial charge < -0.3 is 14.8 Å². The number of carbonyl (C=O) groups excluding carboxylic acids is 1. The first-order valence-electron chi connectivity index (χ1n) is 8.90. The van der Waals surface area contributed by atoms with Crippen molar-refractivity contribution in [1.82, 2.24) is 9.78 Å². The van der Waals surface area contributed by atoms with E-state index in [0.717, 1.165) is 34.0 Å². The van der Waals surface area contributed by atoms with Crippen LogP contribution < -0.4 is 14.8 Å². The second-order valence-corrected chi connectivity index (χ2v) is 7.50. The molecule has 1 aliphatic heterocycles. The second kappa shape index (κ2) is 7.59. The summed E-state index contributed by atoms with van der Waals surface area (Å²) < 4.78 is 12.6. The molecule has 0 spiro atoms. The number of anilines is 1. The number of hydrogen-bond donors (Lipinski definition) is 1. The van der Waals surface area contributed by atoms with Gasteiger partial charge >= 0.3 is 0 Å². The maximum atomic E-state index is 13.1. The Balaban J connectivity index is 1.76. The van der Waals surface area contributed by atoms with Crippen LogP contribution in [0.25, 0.3) is 5.69 Å². The normalized spacial score (nSPS) is 12.5. The van der Waals surface area contributed by atoms with E-state index < -0.39 is 0 Å². The minimum atomic E-state index is -0.260. The molecular formula is C21H21N3O3S. The minimum Gasteiger partial charge on any atom is -0.493 e. The second-order valence-electron chi connectivity index (χ2n) is 6.51. The molecule has 0 unspecified atom stereocenters. The van der Waals surface area contributed by atoms with Crippen LogP contribution >= 0.6 is 11.8 Å². The number of nitrogens with zero attached hydrogens (tertiary/aromatic N) is 2. The molecule has 3 aromatic rings. The number of carbonyl (C=O) groups is 1. The third-order valence-electron chi connectivity index (χ3n) is 4.68. The minimum absolute atomic E-state index is 0.260. The maximum Gasteiger partial charge on any atom is 0.260 e. The monoisotopic (exact) mass is 395 g/mol. The molecule has 6 nitrogen and oxygen atoms in total. The van der Waals surface area contributed by atoms with E-state index in [0.29, 0.717) is 22.9 Å². The van der Waals surface area contributed by atoms with Crippen LogP contribution in [0.4, 0.5) is 5.82 Å². The molecule has 2 aromatic carbocycles. The van der Waals surface area contributed by atoms with E-state index >= 15 is 0 Å². The largest absolute Gasteiger partial charge is 0.493 e. The van der Waals surface area contributed by atoms with Crippen LogP contribution in [0.15, 0.2) is 42.5 Å². The van der Waals surface area contributed by atoms with E-state index in [9.17, 15) is 4.79 Å². The van der Waals surface area contributed by atoms with Gasteiger partial charge in [-0.2, -0.15) is 16.9 Å². The van der Waals surface area contributed by atoms with Crippen molar-refractivity contribution in [2.75, 3.05) is 19.5 Å². The van der Waals surface area contributed by atoms with Crippen LogP contribution in [0.5, 0.6) is 11.5 Å². The zero-order chi connectivity index (χ0) is 19.7. The van der Waals surface area contributed by atoms with Gasteiger partial charge in [0.15, 0.2) is 11.5 Å². The third-order valence-corrected chi connectivity index (χ3v) is 5.65. The molecule has 7 heteroatoms. The Bertz CT molecular complexity index is 1050. The first-order valence-corrected chi connectivity index (χ1v) is 10.1. The van der Waals surface area contributed by atoms with Gasteiger partial charge in [-0.05, 0) is 36.8 Å². The number of thioether (sulfide) groups is 1. The van der Waals surface area contributed by atoms with Gasteiger partial charge in [0.1, 0.15) is 5.82 Å². The van der Waals surface area contributed by atoms with Crippen molar-refractivity contribution in [2.45, 2.75) is 18.4 Å². The number of methoxy groups -OCH3 is 2. The number of rotatable bonds is 5. The summed E-state index contributed by atoms with van der Waals surface area (Å²) in [4.78, 5) is 13.1. The highest BCUT2D eigenvalue weighted by Gasteiger charge is 2.26. The van der Waals surface area contributed by atoms with Gasteiger partial charge in [0.05, 0.1) is 31.2 Å². The summed E-state index contributed by atoms with van der Waals surface area (Å²) in [6, 6.07) is 13.3. The average Bonchev–Trinajstić information content (AvgIpc) is 3.29. The summed E-state index contributed by atoms with van der Waals surface area (Å²) in [5.41, 5.74) is 4.56. The maximum absolute atomic E-state index is 13.1. The van der Waals surface area contributed by atoms with E-state index in [1.165, 1.54) is 7.11 Å². The van der Waals surface area contributed by atoms with E-state index in [1.54, 1.807) is 37.1 Å². The molecule has 4 rings (SSSR count). The summed E-state index contributed by atoms with van der Waals surface area (Å²) in [6.07, 6.45) is 0. The number of para-hydroxylation sites is 1. The molecule has 0 saturated heterocycles. The number of fused-ring (bicyclic) bond motifs is 1. The molecule has 0 saturated carbocycles. The predicted molar refractivity (Wildman–Crippen MR) is 111 cm³/mol. The van der Waals surface area contributed by atoms with Crippen molar-refractivity contribution in [3.05, 3.63) is 64.8 Å². The van der Waals surface area contributed by atoms with Gasteiger partial charge in [0.25, 0.3) is 5.91 Å². The van der Waals surface area contributed by atoms with Gasteiger partial charge in [-0.1, -0.05) is 18.2 Å². The number of ether oxygens (including phenoxy) is 2. The Kier molecular flexibility index (Phi) is 5.00. The molecule has 0 bridgehead atoms. The fourth-order valence-corrected chi connectivity index (χ4v) is 4.36. The zero-order valence-corrected chi connectivity index (χ0v) is 16.8. The van der Waals surface area contributed by atoms with E-state index in [2.05, 4.69) is 11.4 Å². The lowest BCUT2D eigenvalue weighted by molar-refractivity contribution is 0.102. The molecule has 2 heterocycles. The van der Waals surface area contributed by atoms with Crippen LogP contribution in [-0.2, 0) is 11.5 Å². The Labute approximate surface area is 167 Å². The summed E-state index contributed by atoms with van der Waals surface area (Å²) in [6.45, 7) is 2.04. The predicted octanol–water partition coefficient (Wildman–Crippen LogP) is 4.20. The lowest BCUT2D eigenvalue weighted by atomic mass is 10.1. The Morgan fingerprint density at radius 1 is 1.14 bits per heavy atom. The van der Waals surface area contributed by atoms with Crippen molar-refractivity contribution in [2.24, 2.45) is 0 Å². The molecule has 1 aromatic heterocycles. The third kappa shape index (κ3) is 3.22. The molecule has 0 atom stereocenters. The van der Waals surface area contributed by atoms with Crippen LogP contribution in [0.2, 0.25) is 0 Å². The summed E-state index contributed by atoms with van der Waals surface area (Å²) in [7, 11) is 3.08. The quantitative estimate of drug-likeness (QED) is 0.701. The number of amides is 1. The molecule has 1 amide bonds.